The predicted molar refractivity (Wildman–Crippen MR) is 81.8 cm³/mol. The number of hydrogen-bond acceptors (Lipinski definition) is 4. The molecule has 3 N–H and O–H groups in total. The van der Waals surface area contributed by atoms with Crippen molar-refractivity contribution >= 4 is 17.2 Å². The molecule has 2 aromatic rings. The zero-order chi connectivity index (χ0) is 14.7. The van der Waals surface area contributed by atoms with Gasteiger partial charge in [-0.25, -0.2) is 4.98 Å². The van der Waals surface area contributed by atoms with Gasteiger partial charge in [0.1, 0.15) is 10.7 Å². The summed E-state index contributed by atoms with van der Waals surface area (Å²) in [6.07, 6.45) is 0. The van der Waals surface area contributed by atoms with Crippen LogP contribution in [0.5, 0.6) is 0 Å². The van der Waals surface area contributed by atoms with E-state index >= 15 is 0 Å². The first-order valence-electron chi connectivity index (χ1n) is 6.56. The Morgan fingerprint density at radius 2 is 1.95 bits per heavy atom. The third-order valence-corrected chi connectivity index (χ3v) is 4.11. The van der Waals surface area contributed by atoms with E-state index in [9.17, 15) is 4.79 Å². The number of aromatic nitrogens is 1. The fourth-order valence-corrected chi connectivity index (χ4v) is 2.57. The van der Waals surface area contributed by atoms with E-state index in [1.165, 1.54) is 16.9 Å². The molecule has 20 heavy (non-hydrogen) atoms. The molecule has 0 saturated carbocycles. The van der Waals surface area contributed by atoms with Gasteiger partial charge in [0.2, 0.25) is 0 Å². The summed E-state index contributed by atoms with van der Waals surface area (Å²) in [7, 11) is 0. The number of amides is 1. The molecule has 2 atom stereocenters. The molecule has 106 valence electrons. The van der Waals surface area contributed by atoms with E-state index in [1.807, 2.05) is 45.0 Å². The number of nitrogens with two attached hydrogens (primary N) is 1. The van der Waals surface area contributed by atoms with E-state index in [1.54, 1.807) is 5.38 Å². The number of carbonyl (C=O) groups is 1. The van der Waals surface area contributed by atoms with Gasteiger partial charge in [0.25, 0.3) is 5.91 Å². The van der Waals surface area contributed by atoms with E-state index in [0.717, 1.165) is 10.6 Å². The third kappa shape index (κ3) is 3.43. The first kappa shape index (κ1) is 14.7. The Morgan fingerprint density at radius 1 is 1.30 bits per heavy atom. The maximum atomic E-state index is 12.1. The normalized spacial score (nSPS) is 13.8. The van der Waals surface area contributed by atoms with Crippen molar-refractivity contribution in [3.05, 3.63) is 51.5 Å². The van der Waals surface area contributed by atoms with Gasteiger partial charge in [0.15, 0.2) is 0 Å². The van der Waals surface area contributed by atoms with Gasteiger partial charge >= 0.3 is 0 Å². The summed E-state index contributed by atoms with van der Waals surface area (Å²) in [5, 5.41) is 5.47. The lowest BCUT2D eigenvalue weighted by atomic mass is 10.1. The van der Waals surface area contributed by atoms with Gasteiger partial charge in [-0.3, -0.25) is 4.79 Å². The summed E-state index contributed by atoms with van der Waals surface area (Å²) in [5.41, 5.74) is 8.46. The summed E-state index contributed by atoms with van der Waals surface area (Å²) < 4.78 is 0. The van der Waals surface area contributed by atoms with Crippen LogP contribution < -0.4 is 11.1 Å². The standard InChI is InChI=1S/C15H19N3OS/c1-9-4-6-12(7-5-9)11(3)17-14(19)13-8-20-15(18-13)10(2)16/h4-8,10-11H,16H2,1-3H3,(H,17,19). The number of nitrogens with zero attached hydrogens (tertiary/aromatic N) is 1. The Morgan fingerprint density at radius 3 is 2.50 bits per heavy atom. The zero-order valence-corrected chi connectivity index (χ0v) is 12.7. The maximum absolute atomic E-state index is 12.1. The van der Waals surface area contributed by atoms with Crippen LogP contribution in [0.3, 0.4) is 0 Å². The summed E-state index contributed by atoms with van der Waals surface area (Å²) in [6.45, 7) is 5.86. The fraction of sp³-hybridized carbons (Fsp3) is 0.333. The van der Waals surface area contributed by atoms with E-state index in [4.69, 9.17) is 5.73 Å². The fourth-order valence-electron chi connectivity index (χ4n) is 1.81. The van der Waals surface area contributed by atoms with E-state index in [2.05, 4.69) is 10.3 Å². The molecule has 0 spiro atoms. The smallest absolute Gasteiger partial charge is 0.271 e. The molecule has 2 unspecified atom stereocenters. The molecule has 0 bridgehead atoms. The number of hydrogen-bond donors (Lipinski definition) is 2. The summed E-state index contributed by atoms with van der Waals surface area (Å²) in [5.74, 6) is -0.166. The highest BCUT2D eigenvalue weighted by molar-refractivity contribution is 7.09. The number of benzene rings is 1. The maximum Gasteiger partial charge on any atom is 0.271 e. The summed E-state index contributed by atoms with van der Waals surface area (Å²) in [6, 6.07) is 7.92. The molecule has 0 saturated heterocycles. The molecule has 1 heterocycles. The number of aryl methyl sites for hydroxylation is 1. The van der Waals surface area contributed by atoms with Crippen LogP contribution in [-0.4, -0.2) is 10.9 Å². The number of rotatable bonds is 4. The Balaban J connectivity index is 2.04. The second-order valence-electron chi connectivity index (χ2n) is 4.97. The molecule has 0 radical (unpaired) electrons. The summed E-state index contributed by atoms with van der Waals surface area (Å²) >= 11 is 1.41. The topological polar surface area (TPSA) is 68.0 Å². The molecule has 0 aliphatic carbocycles. The van der Waals surface area contributed by atoms with Gasteiger partial charge < -0.3 is 11.1 Å². The monoisotopic (exact) mass is 289 g/mol. The van der Waals surface area contributed by atoms with Gasteiger partial charge in [-0.05, 0) is 26.3 Å². The minimum Gasteiger partial charge on any atom is -0.344 e. The van der Waals surface area contributed by atoms with Crippen LogP contribution in [0.2, 0.25) is 0 Å². The van der Waals surface area contributed by atoms with Crippen molar-refractivity contribution in [2.75, 3.05) is 0 Å². The zero-order valence-electron chi connectivity index (χ0n) is 11.9. The van der Waals surface area contributed by atoms with Crippen LogP contribution in [0.4, 0.5) is 0 Å². The van der Waals surface area contributed by atoms with Crippen LogP contribution in [0.1, 0.15) is 52.6 Å². The molecule has 1 amide bonds. The Bertz CT molecular complexity index is 589. The minimum atomic E-state index is -0.166. The van der Waals surface area contributed by atoms with Crippen LogP contribution in [-0.2, 0) is 0 Å². The molecule has 0 aliphatic heterocycles. The average Bonchev–Trinajstić information content (AvgIpc) is 2.89. The lowest BCUT2D eigenvalue weighted by Gasteiger charge is -2.13. The van der Waals surface area contributed by atoms with Crippen molar-refractivity contribution in [2.24, 2.45) is 5.73 Å². The molecule has 5 heteroatoms. The molecule has 1 aromatic heterocycles. The molecular weight excluding hydrogens is 270 g/mol. The molecule has 2 rings (SSSR count). The van der Waals surface area contributed by atoms with Gasteiger partial charge in [0, 0.05) is 5.38 Å². The van der Waals surface area contributed by atoms with Gasteiger partial charge in [-0.1, -0.05) is 29.8 Å². The molecule has 0 fully saturated rings. The van der Waals surface area contributed by atoms with Gasteiger partial charge in [0.05, 0.1) is 12.1 Å². The van der Waals surface area contributed by atoms with Gasteiger partial charge in [-0.15, -0.1) is 11.3 Å². The minimum absolute atomic E-state index is 0.0523. The largest absolute Gasteiger partial charge is 0.344 e. The van der Waals surface area contributed by atoms with E-state index in [0.29, 0.717) is 5.69 Å². The molecule has 0 aliphatic rings. The lowest BCUT2D eigenvalue weighted by molar-refractivity contribution is 0.0935. The van der Waals surface area contributed by atoms with Crippen LogP contribution in [0.15, 0.2) is 29.6 Å². The van der Waals surface area contributed by atoms with Crippen molar-refractivity contribution in [1.82, 2.24) is 10.3 Å². The summed E-state index contributed by atoms with van der Waals surface area (Å²) in [4.78, 5) is 16.4. The second-order valence-corrected chi connectivity index (χ2v) is 5.86. The average molecular weight is 289 g/mol. The highest BCUT2D eigenvalue weighted by atomic mass is 32.1. The van der Waals surface area contributed by atoms with Crippen molar-refractivity contribution in [2.45, 2.75) is 32.9 Å². The van der Waals surface area contributed by atoms with Gasteiger partial charge in [-0.2, -0.15) is 0 Å². The van der Waals surface area contributed by atoms with E-state index in [-0.39, 0.29) is 18.0 Å². The van der Waals surface area contributed by atoms with Crippen LogP contribution in [0.25, 0.3) is 0 Å². The number of nitrogens with one attached hydrogen (secondary N) is 1. The first-order chi connectivity index (χ1) is 9.47. The van der Waals surface area contributed by atoms with Crippen molar-refractivity contribution in [1.29, 1.82) is 0 Å². The Kier molecular flexibility index (Phi) is 4.52. The van der Waals surface area contributed by atoms with Crippen LogP contribution >= 0.6 is 11.3 Å². The van der Waals surface area contributed by atoms with Crippen LogP contribution in [0, 0.1) is 6.92 Å². The first-order valence-corrected chi connectivity index (χ1v) is 7.43. The van der Waals surface area contributed by atoms with Crippen molar-refractivity contribution in [3.63, 3.8) is 0 Å². The SMILES string of the molecule is Cc1ccc(C(C)NC(=O)c2csc(C(C)N)n2)cc1. The highest BCUT2D eigenvalue weighted by Gasteiger charge is 2.15. The molecular formula is C15H19N3OS. The predicted octanol–water partition coefficient (Wildman–Crippen LogP) is 2.96. The van der Waals surface area contributed by atoms with Crippen molar-refractivity contribution < 1.29 is 4.79 Å². The van der Waals surface area contributed by atoms with E-state index < -0.39 is 0 Å². The lowest BCUT2D eigenvalue weighted by Crippen LogP contribution is -2.27. The third-order valence-electron chi connectivity index (χ3n) is 3.07. The number of thiazole rings is 1. The quantitative estimate of drug-likeness (QED) is 0.909. The Labute approximate surface area is 123 Å². The Hall–Kier alpha value is -1.72. The molecule has 4 nitrogen and oxygen atoms in total. The van der Waals surface area contributed by atoms with Crippen molar-refractivity contribution in [3.8, 4) is 0 Å². The number of carbonyl (C=O) groups excluding carboxylic acids is 1. The highest BCUT2D eigenvalue weighted by Crippen LogP contribution is 2.17. The second kappa shape index (κ2) is 6.15. The molecule has 1 aromatic carbocycles.